The van der Waals surface area contributed by atoms with Crippen molar-refractivity contribution >= 4 is 0 Å². The van der Waals surface area contributed by atoms with E-state index < -0.39 is 6.10 Å². The number of allylic oxidation sites excluding steroid dienone is 1. The van der Waals surface area contributed by atoms with Crippen molar-refractivity contribution < 1.29 is 28.9 Å². The Labute approximate surface area is 126 Å². The molecule has 0 aliphatic carbocycles. The van der Waals surface area contributed by atoms with Crippen molar-refractivity contribution in [3.8, 4) is 0 Å². The summed E-state index contributed by atoms with van der Waals surface area (Å²) in [7, 11) is 0. The number of rotatable bonds is 14. The number of hydrogen-bond acceptors (Lipinski definition) is 7. The first-order valence-electron chi connectivity index (χ1n) is 7.21. The SMILES string of the molecule is C=C(C)NOCC(O)COC(COCC)COCC1CO1. The van der Waals surface area contributed by atoms with E-state index in [1.54, 1.807) is 6.92 Å². The normalized spacial score (nSPS) is 20.0. The van der Waals surface area contributed by atoms with E-state index in [0.717, 1.165) is 6.61 Å². The first-order chi connectivity index (χ1) is 10.1. The van der Waals surface area contributed by atoms with Gasteiger partial charge in [0.2, 0.25) is 0 Å². The third-order valence-corrected chi connectivity index (χ3v) is 2.56. The zero-order valence-electron chi connectivity index (χ0n) is 12.9. The fourth-order valence-electron chi connectivity index (χ4n) is 1.45. The molecule has 7 heteroatoms. The molecule has 0 aromatic heterocycles. The maximum atomic E-state index is 9.74. The molecular formula is C14H27NO6. The Hall–Kier alpha value is -0.700. The molecule has 0 radical (unpaired) electrons. The summed E-state index contributed by atoms with van der Waals surface area (Å²) in [4.78, 5) is 5.03. The fraction of sp³-hybridized carbons (Fsp3) is 0.857. The summed E-state index contributed by atoms with van der Waals surface area (Å²) in [5.74, 6) is 0. The third-order valence-electron chi connectivity index (χ3n) is 2.56. The van der Waals surface area contributed by atoms with Gasteiger partial charge in [0.05, 0.1) is 33.0 Å². The minimum Gasteiger partial charge on any atom is -0.388 e. The molecule has 3 atom stereocenters. The summed E-state index contributed by atoms with van der Waals surface area (Å²) in [6.45, 7) is 10.4. The zero-order chi connectivity index (χ0) is 15.5. The van der Waals surface area contributed by atoms with Gasteiger partial charge in [0.25, 0.3) is 0 Å². The topological polar surface area (TPSA) is 81.7 Å². The molecule has 1 rings (SSSR count). The van der Waals surface area contributed by atoms with Crippen LogP contribution in [0.5, 0.6) is 0 Å². The van der Waals surface area contributed by atoms with Crippen LogP contribution in [0, 0.1) is 0 Å². The van der Waals surface area contributed by atoms with Crippen molar-refractivity contribution in [2.24, 2.45) is 0 Å². The summed E-state index contributed by atoms with van der Waals surface area (Å²) < 4.78 is 21.5. The Morgan fingerprint density at radius 2 is 2.05 bits per heavy atom. The van der Waals surface area contributed by atoms with Crippen LogP contribution >= 0.6 is 0 Å². The Balaban J connectivity index is 2.11. The molecule has 1 aliphatic heterocycles. The highest BCUT2D eigenvalue weighted by molar-refractivity contribution is 4.79. The van der Waals surface area contributed by atoms with Crippen LogP contribution in [-0.4, -0.2) is 69.7 Å². The highest BCUT2D eigenvalue weighted by Crippen LogP contribution is 2.09. The van der Waals surface area contributed by atoms with E-state index in [-0.39, 0.29) is 25.4 Å². The average molecular weight is 305 g/mol. The van der Waals surface area contributed by atoms with Crippen LogP contribution in [-0.2, 0) is 23.8 Å². The van der Waals surface area contributed by atoms with Gasteiger partial charge >= 0.3 is 0 Å². The lowest BCUT2D eigenvalue weighted by Gasteiger charge is -2.20. The molecule has 21 heavy (non-hydrogen) atoms. The molecule has 1 fully saturated rings. The van der Waals surface area contributed by atoms with Gasteiger partial charge in [-0.25, -0.2) is 0 Å². The summed E-state index contributed by atoms with van der Waals surface area (Å²) in [6.07, 6.45) is -0.717. The quantitative estimate of drug-likeness (QED) is 0.351. The Kier molecular flexibility index (Phi) is 9.56. The molecule has 1 heterocycles. The lowest BCUT2D eigenvalue weighted by atomic mass is 10.3. The van der Waals surface area contributed by atoms with Crippen LogP contribution in [0.15, 0.2) is 12.3 Å². The smallest absolute Gasteiger partial charge is 0.104 e. The van der Waals surface area contributed by atoms with Crippen molar-refractivity contribution in [1.82, 2.24) is 5.48 Å². The predicted octanol–water partition coefficient (Wildman–Crippen LogP) is 0.239. The van der Waals surface area contributed by atoms with E-state index in [2.05, 4.69) is 12.1 Å². The van der Waals surface area contributed by atoms with Crippen molar-refractivity contribution in [3.05, 3.63) is 12.3 Å². The van der Waals surface area contributed by atoms with Crippen LogP contribution in [0.4, 0.5) is 0 Å². The fourth-order valence-corrected chi connectivity index (χ4v) is 1.45. The number of ether oxygens (including phenoxy) is 4. The van der Waals surface area contributed by atoms with E-state index >= 15 is 0 Å². The molecule has 124 valence electrons. The highest BCUT2D eigenvalue weighted by atomic mass is 16.7. The Morgan fingerprint density at radius 3 is 2.67 bits per heavy atom. The molecule has 0 bridgehead atoms. The van der Waals surface area contributed by atoms with Gasteiger partial charge in [-0.15, -0.1) is 0 Å². The maximum Gasteiger partial charge on any atom is 0.104 e. The first-order valence-corrected chi connectivity index (χ1v) is 7.21. The van der Waals surface area contributed by atoms with Crippen LogP contribution in [0.3, 0.4) is 0 Å². The largest absolute Gasteiger partial charge is 0.388 e. The molecule has 0 amide bonds. The number of epoxide rings is 1. The van der Waals surface area contributed by atoms with Crippen LogP contribution in [0.25, 0.3) is 0 Å². The molecule has 0 aromatic rings. The van der Waals surface area contributed by atoms with Gasteiger partial charge in [0.1, 0.15) is 24.9 Å². The number of nitrogens with one attached hydrogen (secondary N) is 1. The molecule has 0 aromatic carbocycles. The van der Waals surface area contributed by atoms with Gasteiger partial charge in [0, 0.05) is 12.3 Å². The van der Waals surface area contributed by atoms with Crippen LogP contribution < -0.4 is 5.48 Å². The van der Waals surface area contributed by atoms with Gasteiger partial charge < -0.3 is 24.1 Å². The van der Waals surface area contributed by atoms with Crippen LogP contribution in [0.1, 0.15) is 13.8 Å². The number of hydrogen-bond donors (Lipinski definition) is 2. The molecule has 7 nitrogen and oxygen atoms in total. The van der Waals surface area contributed by atoms with E-state index in [9.17, 15) is 5.11 Å². The van der Waals surface area contributed by atoms with Gasteiger partial charge in [-0.2, -0.15) is 0 Å². The summed E-state index contributed by atoms with van der Waals surface area (Å²) in [5.41, 5.74) is 3.25. The van der Waals surface area contributed by atoms with E-state index in [0.29, 0.717) is 32.1 Å². The predicted molar refractivity (Wildman–Crippen MR) is 76.7 cm³/mol. The van der Waals surface area contributed by atoms with Gasteiger partial charge in [-0.1, -0.05) is 6.58 Å². The molecule has 0 spiro atoms. The molecule has 0 saturated carbocycles. The zero-order valence-corrected chi connectivity index (χ0v) is 12.9. The van der Waals surface area contributed by atoms with Crippen molar-refractivity contribution in [1.29, 1.82) is 0 Å². The number of aliphatic hydroxyl groups excluding tert-OH is 1. The Morgan fingerprint density at radius 1 is 1.33 bits per heavy atom. The second-order valence-corrected chi connectivity index (χ2v) is 4.95. The number of hydroxylamine groups is 1. The summed E-state index contributed by atoms with van der Waals surface area (Å²) in [5, 5.41) is 9.74. The van der Waals surface area contributed by atoms with Crippen molar-refractivity contribution in [3.63, 3.8) is 0 Å². The lowest BCUT2D eigenvalue weighted by Crippen LogP contribution is -2.32. The van der Waals surface area contributed by atoms with E-state index in [1.165, 1.54) is 0 Å². The molecular weight excluding hydrogens is 278 g/mol. The molecule has 3 unspecified atom stereocenters. The van der Waals surface area contributed by atoms with Crippen molar-refractivity contribution in [2.75, 3.05) is 46.2 Å². The molecule has 1 saturated heterocycles. The van der Waals surface area contributed by atoms with Gasteiger partial charge in [-0.3, -0.25) is 10.3 Å². The second-order valence-electron chi connectivity index (χ2n) is 4.95. The van der Waals surface area contributed by atoms with E-state index in [4.69, 9.17) is 23.8 Å². The first kappa shape index (κ1) is 18.3. The average Bonchev–Trinajstić information content (AvgIpc) is 3.25. The molecule has 1 aliphatic rings. The number of aliphatic hydroxyl groups is 1. The van der Waals surface area contributed by atoms with Crippen LogP contribution in [0.2, 0.25) is 0 Å². The van der Waals surface area contributed by atoms with Crippen molar-refractivity contribution in [2.45, 2.75) is 32.2 Å². The lowest BCUT2D eigenvalue weighted by molar-refractivity contribution is -0.0987. The van der Waals surface area contributed by atoms with Gasteiger partial charge in [-0.05, 0) is 13.8 Å². The minimum absolute atomic E-state index is 0.116. The molecule has 2 N–H and O–H groups in total. The summed E-state index contributed by atoms with van der Waals surface area (Å²) >= 11 is 0. The second kappa shape index (κ2) is 10.9. The summed E-state index contributed by atoms with van der Waals surface area (Å²) in [6, 6.07) is 0. The highest BCUT2D eigenvalue weighted by Gasteiger charge is 2.23. The maximum absolute atomic E-state index is 9.74. The third kappa shape index (κ3) is 10.6. The van der Waals surface area contributed by atoms with Gasteiger partial charge in [0.15, 0.2) is 0 Å². The Bertz CT molecular complexity index is 285. The monoisotopic (exact) mass is 305 g/mol. The van der Waals surface area contributed by atoms with E-state index in [1.807, 2.05) is 6.92 Å². The standard InChI is InChI=1S/C14H27NO6/c1-4-17-7-13(8-18-9-14-10-20-14)19-5-12(16)6-21-15-11(2)3/h12-16H,2,4-10H2,1,3H3. The minimum atomic E-state index is -0.729.